The second-order valence-corrected chi connectivity index (χ2v) is 9.19. The predicted octanol–water partition coefficient (Wildman–Crippen LogP) is -2.13. The average molecular weight is 515 g/mol. The Morgan fingerprint density at radius 1 is 0.889 bits per heavy atom. The zero-order valence-electron chi connectivity index (χ0n) is 21.5. The van der Waals surface area contributed by atoms with Crippen molar-refractivity contribution in [1.29, 1.82) is 0 Å². The Balaban J connectivity index is 5.53. The van der Waals surface area contributed by atoms with Crippen molar-refractivity contribution < 1.29 is 29.1 Å². The Bertz CT molecular complexity index is 799. The van der Waals surface area contributed by atoms with E-state index < -0.39 is 53.8 Å². The summed E-state index contributed by atoms with van der Waals surface area (Å²) in [6.07, 6.45) is 0.732. The van der Waals surface area contributed by atoms with Gasteiger partial charge in [-0.1, -0.05) is 34.1 Å². The van der Waals surface area contributed by atoms with Crippen LogP contribution in [0.4, 0.5) is 0 Å². The highest BCUT2D eigenvalue weighted by molar-refractivity contribution is 5.95. The van der Waals surface area contributed by atoms with E-state index in [9.17, 15) is 29.1 Å². The molecule has 14 nitrogen and oxygen atoms in total. The topological polar surface area (TPSA) is 258 Å². The van der Waals surface area contributed by atoms with Crippen LogP contribution in [0.2, 0.25) is 0 Å². The number of guanidine groups is 1. The summed E-state index contributed by atoms with van der Waals surface area (Å²) < 4.78 is 0. The third-order valence-electron chi connectivity index (χ3n) is 5.45. The van der Waals surface area contributed by atoms with Crippen LogP contribution in [0, 0.1) is 11.8 Å². The highest BCUT2D eigenvalue weighted by atomic mass is 16.4. The van der Waals surface area contributed by atoms with Crippen molar-refractivity contribution in [2.45, 2.75) is 84.0 Å². The molecule has 0 spiro atoms. The van der Waals surface area contributed by atoms with E-state index in [0.717, 1.165) is 0 Å². The lowest BCUT2D eigenvalue weighted by Crippen LogP contribution is -2.59. The number of carboxylic acid groups (broad SMARTS) is 1. The van der Waals surface area contributed by atoms with Gasteiger partial charge in [-0.05, 0) is 31.1 Å². The third-order valence-corrected chi connectivity index (χ3v) is 5.45. The number of hydrogen-bond donors (Lipinski definition) is 8. The van der Waals surface area contributed by atoms with E-state index in [-0.39, 0.29) is 43.6 Å². The quantitative estimate of drug-likeness (QED) is 0.0598. The first kappa shape index (κ1) is 32.6. The fraction of sp³-hybridized carbons (Fsp3) is 0.727. The lowest BCUT2D eigenvalue weighted by atomic mass is 9.96. The van der Waals surface area contributed by atoms with Crippen molar-refractivity contribution in [3.63, 3.8) is 0 Å². The van der Waals surface area contributed by atoms with Gasteiger partial charge in [-0.15, -0.1) is 0 Å². The molecule has 36 heavy (non-hydrogen) atoms. The van der Waals surface area contributed by atoms with Gasteiger partial charge in [0.05, 0.1) is 12.5 Å². The first-order valence-electron chi connectivity index (χ1n) is 11.9. The van der Waals surface area contributed by atoms with Gasteiger partial charge in [-0.25, -0.2) is 4.79 Å². The van der Waals surface area contributed by atoms with Crippen molar-refractivity contribution in [2.75, 3.05) is 6.54 Å². The summed E-state index contributed by atoms with van der Waals surface area (Å²) in [6.45, 7) is 7.43. The van der Waals surface area contributed by atoms with E-state index in [1.54, 1.807) is 6.92 Å². The summed E-state index contributed by atoms with van der Waals surface area (Å²) >= 11 is 0. The van der Waals surface area contributed by atoms with Crippen LogP contribution in [0.25, 0.3) is 0 Å². The summed E-state index contributed by atoms with van der Waals surface area (Å²) in [5.74, 6) is -4.52. The van der Waals surface area contributed by atoms with Gasteiger partial charge in [0, 0.05) is 6.54 Å². The number of nitrogens with one attached hydrogen (secondary N) is 3. The predicted molar refractivity (Wildman–Crippen MR) is 134 cm³/mol. The maximum absolute atomic E-state index is 13.1. The third kappa shape index (κ3) is 12.9. The second kappa shape index (κ2) is 16.3. The van der Waals surface area contributed by atoms with Crippen LogP contribution in [0.5, 0.6) is 0 Å². The molecule has 0 aromatic carbocycles. The van der Waals surface area contributed by atoms with Crippen molar-refractivity contribution in [3.8, 4) is 0 Å². The molecule has 0 heterocycles. The lowest BCUT2D eigenvalue weighted by molar-refractivity contribution is -0.143. The van der Waals surface area contributed by atoms with Crippen LogP contribution in [0.15, 0.2) is 4.99 Å². The maximum atomic E-state index is 13.1. The minimum atomic E-state index is -1.24. The Morgan fingerprint density at radius 2 is 1.47 bits per heavy atom. The van der Waals surface area contributed by atoms with Crippen molar-refractivity contribution in [1.82, 2.24) is 16.0 Å². The SMILES string of the molecule is CCC(C)C(NC(=O)C(CC(C)C)NC(=O)C(N)CC(N)=O)C(=O)NC(CCCN=C(N)N)C(=O)O. The number of carbonyl (C=O) groups is 5. The summed E-state index contributed by atoms with van der Waals surface area (Å²) in [6, 6.07) is -4.54. The van der Waals surface area contributed by atoms with E-state index in [1.807, 2.05) is 20.8 Å². The number of carbonyl (C=O) groups excluding carboxylic acids is 4. The minimum Gasteiger partial charge on any atom is -0.480 e. The van der Waals surface area contributed by atoms with Gasteiger partial charge in [0.1, 0.15) is 18.1 Å². The van der Waals surface area contributed by atoms with Crippen LogP contribution in [0.1, 0.15) is 59.8 Å². The molecular weight excluding hydrogens is 472 g/mol. The minimum absolute atomic E-state index is 0.00843. The molecule has 206 valence electrons. The fourth-order valence-electron chi connectivity index (χ4n) is 3.27. The number of nitrogens with two attached hydrogens (primary N) is 4. The van der Waals surface area contributed by atoms with Gasteiger partial charge >= 0.3 is 5.97 Å². The molecule has 14 heteroatoms. The smallest absolute Gasteiger partial charge is 0.326 e. The number of aliphatic imine (C=N–C) groups is 1. The molecule has 0 aliphatic heterocycles. The average Bonchev–Trinajstić information content (AvgIpc) is 2.76. The van der Waals surface area contributed by atoms with E-state index in [2.05, 4.69) is 20.9 Å². The van der Waals surface area contributed by atoms with Crippen LogP contribution < -0.4 is 38.9 Å². The van der Waals surface area contributed by atoms with Crippen LogP contribution in [-0.2, 0) is 24.0 Å². The molecule has 0 fully saturated rings. The van der Waals surface area contributed by atoms with E-state index in [4.69, 9.17) is 22.9 Å². The van der Waals surface area contributed by atoms with Crippen molar-refractivity contribution >= 4 is 35.6 Å². The first-order chi connectivity index (χ1) is 16.7. The van der Waals surface area contributed by atoms with Gasteiger partial charge in [0.15, 0.2) is 5.96 Å². The normalized spacial score (nSPS) is 15.1. The molecule has 0 aromatic rings. The number of nitrogens with zero attached hydrogens (tertiary/aromatic N) is 1. The second-order valence-electron chi connectivity index (χ2n) is 9.19. The fourth-order valence-corrected chi connectivity index (χ4v) is 3.27. The highest BCUT2D eigenvalue weighted by Crippen LogP contribution is 2.12. The lowest BCUT2D eigenvalue weighted by Gasteiger charge is -2.28. The number of hydrogen-bond acceptors (Lipinski definition) is 7. The maximum Gasteiger partial charge on any atom is 0.326 e. The first-order valence-corrected chi connectivity index (χ1v) is 11.9. The molecule has 4 amide bonds. The Morgan fingerprint density at radius 3 is 1.94 bits per heavy atom. The van der Waals surface area contributed by atoms with E-state index >= 15 is 0 Å². The Kier molecular flexibility index (Phi) is 14.7. The van der Waals surface area contributed by atoms with Gasteiger partial charge < -0.3 is 44.0 Å². The monoisotopic (exact) mass is 514 g/mol. The highest BCUT2D eigenvalue weighted by Gasteiger charge is 2.33. The van der Waals surface area contributed by atoms with E-state index in [0.29, 0.717) is 12.8 Å². The standard InChI is InChI=1S/C22H42N8O6/c1-5-12(4)17(20(34)28-14(21(35)36)7-6-8-27-22(25)26)30-19(33)15(9-11(2)3)29-18(32)13(23)10-16(24)31/h11-15,17H,5-10,23H2,1-4H3,(H2,24,31)(H,28,34)(H,29,32)(H,30,33)(H,35,36)(H4,25,26,27). The van der Waals surface area contributed by atoms with Gasteiger partial charge in [0.2, 0.25) is 23.6 Å². The van der Waals surface area contributed by atoms with E-state index in [1.165, 1.54) is 0 Å². The molecule has 0 radical (unpaired) electrons. The molecule has 5 unspecified atom stereocenters. The molecule has 0 bridgehead atoms. The van der Waals surface area contributed by atoms with Crippen LogP contribution >= 0.6 is 0 Å². The number of rotatable bonds is 17. The van der Waals surface area contributed by atoms with Gasteiger partial charge in [-0.2, -0.15) is 0 Å². The molecule has 0 aliphatic carbocycles. The van der Waals surface area contributed by atoms with Crippen LogP contribution in [-0.4, -0.2) is 71.4 Å². The van der Waals surface area contributed by atoms with Gasteiger partial charge in [0.25, 0.3) is 0 Å². The molecule has 0 rings (SSSR count). The zero-order valence-corrected chi connectivity index (χ0v) is 21.5. The molecule has 0 aromatic heterocycles. The molecule has 0 aliphatic rings. The Labute approximate surface area is 211 Å². The summed E-state index contributed by atoms with van der Waals surface area (Å²) in [4.78, 5) is 65.0. The molecular formula is C22H42N8O6. The number of aliphatic carboxylic acids is 1. The number of primary amides is 1. The molecule has 0 saturated carbocycles. The summed E-state index contributed by atoms with van der Waals surface area (Å²) in [7, 11) is 0. The number of amides is 4. The van der Waals surface area contributed by atoms with Crippen molar-refractivity contribution in [3.05, 3.63) is 0 Å². The summed E-state index contributed by atoms with van der Waals surface area (Å²) in [5, 5.41) is 17.1. The molecule has 12 N–H and O–H groups in total. The molecule has 5 atom stereocenters. The van der Waals surface area contributed by atoms with Gasteiger partial charge in [-0.3, -0.25) is 24.2 Å². The van der Waals surface area contributed by atoms with Crippen LogP contribution in [0.3, 0.4) is 0 Å². The number of carboxylic acids is 1. The summed E-state index contributed by atoms with van der Waals surface area (Å²) in [5.41, 5.74) is 21.3. The zero-order chi connectivity index (χ0) is 28.0. The van der Waals surface area contributed by atoms with Crippen molar-refractivity contribution in [2.24, 2.45) is 39.8 Å². The molecule has 0 saturated heterocycles. The largest absolute Gasteiger partial charge is 0.480 e. The Hall–Kier alpha value is -3.42.